The molecule has 0 radical (unpaired) electrons. The largest absolute Gasteiger partial charge is 0.340 e. The first kappa shape index (κ1) is 19.5. The highest BCUT2D eigenvalue weighted by Crippen LogP contribution is 2.52. The smallest absolute Gasteiger partial charge is 0.254 e. The quantitative estimate of drug-likeness (QED) is 0.330. The van der Waals surface area contributed by atoms with E-state index in [0.717, 1.165) is 44.2 Å². The molecular formula is C26H22ClN3O2. The minimum absolute atomic E-state index is 0.162. The van der Waals surface area contributed by atoms with Gasteiger partial charge in [0.05, 0.1) is 18.1 Å². The molecule has 2 amide bonds. The van der Waals surface area contributed by atoms with E-state index < -0.39 is 0 Å². The summed E-state index contributed by atoms with van der Waals surface area (Å²) in [4.78, 5) is 26.0. The Hall–Kier alpha value is -3.18. The summed E-state index contributed by atoms with van der Waals surface area (Å²) in [7, 11) is 0. The van der Waals surface area contributed by atoms with Crippen LogP contribution in [-0.4, -0.2) is 27.6 Å². The summed E-state index contributed by atoms with van der Waals surface area (Å²) in [6.07, 6.45) is 6.78. The Morgan fingerprint density at radius 2 is 1.66 bits per heavy atom. The van der Waals surface area contributed by atoms with Crippen molar-refractivity contribution in [2.24, 2.45) is 28.8 Å². The van der Waals surface area contributed by atoms with Gasteiger partial charge in [0.2, 0.25) is 0 Å². The number of allylic oxidation sites excluding steroid dienone is 2. The van der Waals surface area contributed by atoms with Crippen LogP contribution in [0.15, 0.2) is 65.8 Å². The van der Waals surface area contributed by atoms with Gasteiger partial charge in [-0.25, -0.2) is 0 Å². The van der Waals surface area contributed by atoms with E-state index in [2.05, 4.69) is 27.9 Å². The van der Waals surface area contributed by atoms with Gasteiger partial charge in [-0.1, -0.05) is 60.2 Å². The maximum atomic E-state index is 13.0. The van der Waals surface area contributed by atoms with Crippen molar-refractivity contribution in [3.05, 3.63) is 82.5 Å². The molecule has 0 N–H and O–H groups in total. The summed E-state index contributed by atoms with van der Waals surface area (Å²) in [5.74, 6) is -0.437. The molecule has 5 nitrogen and oxygen atoms in total. The summed E-state index contributed by atoms with van der Waals surface area (Å²) in [5.41, 5.74) is 4.01. The van der Waals surface area contributed by atoms with Crippen LogP contribution in [0.2, 0.25) is 5.02 Å². The number of nitrogens with zero attached hydrogens (tertiary/aromatic N) is 3. The predicted octanol–water partition coefficient (Wildman–Crippen LogP) is 4.79. The number of aromatic nitrogens is 1. The number of rotatable bonds is 4. The standard InChI is InChI=1S/C26H22ClN3O2/c1-15-20(13-28-30-25(31)23-16-10-11-17(12-16)24(23)26(30)32)19-7-3-5-9-22(19)29(15)14-18-6-2-4-8-21(18)27/h2-11,13,16-17,23-24H,12,14H2,1H3/b28-13-/t16-,17-,23-,24+/m0/s1. The number of halogens is 1. The molecule has 3 aromatic rings. The van der Waals surface area contributed by atoms with Gasteiger partial charge in [-0.05, 0) is 42.9 Å². The van der Waals surface area contributed by atoms with Gasteiger partial charge in [-0.3, -0.25) is 9.59 Å². The lowest BCUT2D eigenvalue weighted by molar-refractivity contribution is -0.140. The van der Waals surface area contributed by atoms with Gasteiger partial charge in [-0.2, -0.15) is 10.1 Å². The summed E-state index contributed by atoms with van der Waals surface area (Å²) in [5, 5.41) is 7.29. The first-order chi connectivity index (χ1) is 15.5. The molecule has 2 heterocycles. The second-order valence-electron chi connectivity index (χ2n) is 8.93. The van der Waals surface area contributed by atoms with E-state index in [1.165, 1.54) is 0 Å². The predicted molar refractivity (Wildman–Crippen MR) is 124 cm³/mol. The summed E-state index contributed by atoms with van der Waals surface area (Å²) in [6, 6.07) is 15.9. The van der Waals surface area contributed by atoms with Gasteiger partial charge in [0, 0.05) is 33.7 Å². The first-order valence-corrected chi connectivity index (χ1v) is 11.3. The third kappa shape index (κ3) is 2.74. The molecule has 0 spiro atoms. The molecule has 1 saturated carbocycles. The number of hydrazone groups is 1. The van der Waals surface area contributed by atoms with Crippen LogP contribution >= 0.6 is 11.6 Å². The summed E-state index contributed by atoms with van der Waals surface area (Å²) >= 11 is 6.41. The van der Waals surface area contributed by atoms with E-state index in [4.69, 9.17) is 11.6 Å². The Morgan fingerprint density at radius 1 is 1.00 bits per heavy atom. The third-order valence-corrected chi connectivity index (χ3v) is 7.68. The lowest BCUT2D eigenvalue weighted by Crippen LogP contribution is -2.28. The maximum Gasteiger partial charge on any atom is 0.254 e. The van der Waals surface area contributed by atoms with E-state index in [0.29, 0.717) is 6.54 Å². The topological polar surface area (TPSA) is 54.7 Å². The highest BCUT2D eigenvalue weighted by molar-refractivity contribution is 6.31. The van der Waals surface area contributed by atoms with Gasteiger partial charge in [0.15, 0.2) is 0 Å². The van der Waals surface area contributed by atoms with Crippen molar-refractivity contribution in [2.75, 3.05) is 0 Å². The average Bonchev–Trinajstić information content (AvgIpc) is 3.53. The maximum absolute atomic E-state index is 13.0. The molecule has 4 atom stereocenters. The Kier molecular flexibility index (Phi) is 4.37. The molecule has 32 heavy (non-hydrogen) atoms. The molecule has 1 aromatic heterocycles. The number of carbonyl (C=O) groups excluding carboxylic acids is 2. The van der Waals surface area contributed by atoms with Crippen molar-refractivity contribution < 1.29 is 9.59 Å². The van der Waals surface area contributed by atoms with Crippen LogP contribution in [-0.2, 0) is 16.1 Å². The molecule has 0 unspecified atom stereocenters. The molecule has 6 rings (SSSR count). The van der Waals surface area contributed by atoms with Crippen molar-refractivity contribution in [3.8, 4) is 0 Å². The van der Waals surface area contributed by atoms with Crippen LogP contribution in [0, 0.1) is 30.6 Å². The van der Waals surface area contributed by atoms with Crippen LogP contribution in [0.25, 0.3) is 10.9 Å². The number of benzene rings is 2. The zero-order valence-corrected chi connectivity index (χ0v) is 18.4. The number of hydrogen-bond donors (Lipinski definition) is 0. The van der Waals surface area contributed by atoms with Crippen molar-refractivity contribution in [2.45, 2.75) is 19.9 Å². The molecule has 1 aliphatic heterocycles. The second-order valence-corrected chi connectivity index (χ2v) is 9.33. The van der Waals surface area contributed by atoms with E-state index in [1.807, 2.05) is 49.4 Å². The van der Waals surface area contributed by atoms with Crippen LogP contribution in [0.3, 0.4) is 0 Å². The lowest BCUT2D eigenvalue weighted by atomic mass is 9.85. The van der Waals surface area contributed by atoms with Crippen LogP contribution < -0.4 is 0 Å². The first-order valence-electron chi connectivity index (χ1n) is 11.0. The monoisotopic (exact) mass is 443 g/mol. The molecule has 2 aliphatic carbocycles. The SMILES string of the molecule is Cc1c(/C=N\N2C(=O)[C@@H]3[C@H](C2=O)[C@H]2C=C[C@H]3C2)c2ccccc2n1Cc1ccccc1Cl. The van der Waals surface area contributed by atoms with E-state index in [9.17, 15) is 9.59 Å². The van der Waals surface area contributed by atoms with Crippen LogP contribution in [0.4, 0.5) is 0 Å². The summed E-state index contributed by atoms with van der Waals surface area (Å²) < 4.78 is 2.20. The van der Waals surface area contributed by atoms with E-state index >= 15 is 0 Å². The fraction of sp³-hybridized carbons (Fsp3) is 0.269. The molecule has 3 aliphatic rings. The van der Waals surface area contributed by atoms with Gasteiger partial charge in [0.25, 0.3) is 11.8 Å². The fourth-order valence-electron chi connectivity index (χ4n) is 5.74. The number of para-hydroxylation sites is 1. The van der Waals surface area contributed by atoms with Crippen molar-refractivity contribution in [1.82, 2.24) is 9.58 Å². The Labute approximate surface area is 191 Å². The number of imide groups is 1. The summed E-state index contributed by atoms with van der Waals surface area (Å²) in [6.45, 7) is 2.66. The van der Waals surface area contributed by atoms with Crippen molar-refractivity contribution in [3.63, 3.8) is 0 Å². The van der Waals surface area contributed by atoms with Gasteiger partial charge < -0.3 is 4.57 Å². The zero-order chi connectivity index (χ0) is 22.0. The molecule has 6 heteroatoms. The van der Waals surface area contributed by atoms with E-state index in [1.54, 1.807) is 6.21 Å². The minimum Gasteiger partial charge on any atom is -0.340 e. The minimum atomic E-state index is -0.239. The Morgan fingerprint density at radius 3 is 2.38 bits per heavy atom. The zero-order valence-electron chi connectivity index (χ0n) is 17.6. The molecule has 2 bridgehead atoms. The molecule has 2 fully saturated rings. The van der Waals surface area contributed by atoms with Gasteiger partial charge in [0.1, 0.15) is 0 Å². The molecule has 2 aromatic carbocycles. The third-order valence-electron chi connectivity index (χ3n) is 7.32. The number of fused-ring (bicyclic) bond motifs is 6. The van der Waals surface area contributed by atoms with Gasteiger partial charge in [-0.15, -0.1) is 0 Å². The fourth-order valence-corrected chi connectivity index (χ4v) is 5.93. The average molecular weight is 444 g/mol. The normalized spacial score (nSPS) is 26.2. The Bertz CT molecular complexity index is 1310. The highest BCUT2D eigenvalue weighted by atomic mass is 35.5. The molecule has 1 saturated heterocycles. The second kappa shape index (κ2) is 7.17. The number of amides is 2. The van der Waals surface area contributed by atoms with Crippen molar-refractivity contribution >= 4 is 40.5 Å². The Balaban J connectivity index is 1.37. The van der Waals surface area contributed by atoms with Crippen molar-refractivity contribution in [1.29, 1.82) is 0 Å². The van der Waals surface area contributed by atoms with Gasteiger partial charge >= 0.3 is 0 Å². The van der Waals surface area contributed by atoms with E-state index in [-0.39, 0.29) is 35.5 Å². The molecular weight excluding hydrogens is 422 g/mol. The highest BCUT2D eigenvalue weighted by Gasteiger charge is 2.59. The van der Waals surface area contributed by atoms with Crippen LogP contribution in [0.5, 0.6) is 0 Å². The van der Waals surface area contributed by atoms with Crippen LogP contribution in [0.1, 0.15) is 23.2 Å². The number of hydrogen-bond acceptors (Lipinski definition) is 3. The molecule has 160 valence electrons. The lowest BCUT2D eigenvalue weighted by Gasteiger charge is -2.13. The number of carbonyl (C=O) groups is 2.